The van der Waals surface area contributed by atoms with Gasteiger partial charge in [-0.3, -0.25) is 14.5 Å². The summed E-state index contributed by atoms with van der Waals surface area (Å²) in [5.41, 5.74) is 0. The first-order valence-electron chi connectivity index (χ1n) is 8.12. The van der Waals surface area contributed by atoms with E-state index in [9.17, 15) is 14.4 Å². The van der Waals surface area contributed by atoms with Gasteiger partial charge in [0.05, 0.1) is 0 Å². The van der Waals surface area contributed by atoms with Crippen LogP contribution in [0.5, 0.6) is 0 Å². The molecule has 0 aromatic carbocycles. The smallest absolute Gasteiger partial charge is 0.326 e. The van der Waals surface area contributed by atoms with Gasteiger partial charge in [0.2, 0.25) is 11.8 Å². The molecule has 0 aliphatic carbocycles. The summed E-state index contributed by atoms with van der Waals surface area (Å²) in [5.74, 6) is -1.87. The van der Waals surface area contributed by atoms with E-state index >= 15 is 0 Å². The Labute approximate surface area is 137 Å². The molecule has 4 N–H and O–H groups in total. The zero-order valence-corrected chi connectivity index (χ0v) is 13.9. The number of hydrogen-bond acceptors (Lipinski definition) is 5. The predicted octanol–water partition coefficient (Wildman–Crippen LogP) is -0.987. The number of carboxylic acids is 1. The number of amides is 2. The van der Waals surface area contributed by atoms with Crippen molar-refractivity contribution in [3.05, 3.63) is 0 Å². The summed E-state index contributed by atoms with van der Waals surface area (Å²) in [5, 5.41) is 17.5. The van der Waals surface area contributed by atoms with Crippen LogP contribution in [0.25, 0.3) is 0 Å². The minimum Gasteiger partial charge on any atom is -0.480 e. The number of carbonyl (C=O) groups excluding carboxylic acids is 2. The maximum atomic E-state index is 11.7. The number of rotatable bonds is 9. The van der Waals surface area contributed by atoms with Gasteiger partial charge in [-0.1, -0.05) is 13.8 Å². The Balaban J connectivity index is 2.16. The lowest BCUT2D eigenvalue weighted by atomic mass is 10.0. The van der Waals surface area contributed by atoms with Gasteiger partial charge in [-0.2, -0.15) is 0 Å². The van der Waals surface area contributed by atoms with E-state index in [2.05, 4.69) is 20.9 Å². The van der Waals surface area contributed by atoms with E-state index in [1.165, 1.54) is 0 Å². The third-order valence-corrected chi connectivity index (χ3v) is 3.79. The fourth-order valence-electron chi connectivity index (χ4n) is 2.36. The van der Waals surface area contributed by atoms with Crippen LogP contribution in [0.2, 0.25) is 0 Å². The second kappa shape index (κ2) is 10.2. The number of carboxylic acid groups (broad SMARTS) is 1. The molecule has 0 saturated carbocycles. The highest BCUT2D eigenvalue weighted by molar-refractivity contribution is 5.87. The Morgan fingerprint density at radius 3 is 2.30 bits per heavy atom. The van der Waals surface area contributed by atoms with Crippen LogP contribution in [0.3, 0.4) is 0 Å². The minimum absolute atomic E-state index is 0.00400. The molecule has 0 radical (unpaired) electrons. The number of aliphatic carboxylic acids is 1. The van der Waals surface area contributed by atoms with Crippen molar-refractivity contribution in [2.75, 3.05) is 39.3 Å². The fourth-order valence-corrected chi connectivity index (χ4v) is 2.36. The van der Waals surface area contributed by atoms with Crippen molar-refractivity contribution in [2.45, 2.75) is 32.7 Å². The molecule has 1 aliphatic heterocycles. The number of nitrogens with zero attached hydrogens (tertiary/aromatic N) is 1. The van der Waals surface area contributed by atoms with Gasteiger partial charge in [0.25, 0.3) is 0 Å². The Hall–Kier alpha value is -1.67. The molecule has 1 fully saturated rings. The van der Waals surface area contributed by atoms with Crippen molar-refractivity contribution in [1.82, 2.24) is 20.9 Å². The molecule has 1 saturated heterocycles. The van der Waals surface area contributed by atoms with Gasteiger partial charge in [0.1, 0.15) is 6.04 Å². The quantitative estimate of drug-likeness (QED) is 0.433. The molecular weight excluding hydrogens is 300 g/mol. The Morgan fingerprint density at radius 2 is 1.74 bits per heavy atom. The molecule has 0 aromatic heterocycles. The van der Waals surface area contributed by atoms with Gasteiger partial charge in [0, 0.05) is 52.1 Å². The molecular formula is C15H28N4O4. The van der Waals surface area contributed by atoms with Crippen LogP contribution in [0.15, 0.2) is 0 Å². The van der Waals surface area contributed by atoms with Crippen LogP contribution in [-0.4, -0.2) is 73.1 Å². The van der Waals surface area contributed by atoms with Crippen LogP contribution in [-0.2, 0) is 14.4 Å². The topological polar surface area (TPSA) is 111 Å². The number of carbonyl (C=O) groups is 3. The van der Waals surface area contributed by atoms with Gasteiger partial charge in [-0.15, -0.1) is 0 Å². The second-order valence-electron chi connectivity index (χ2n) is 6.07. The number of hydrogen-bond donors (Lipinski definition) is 4. The summed E-state index contributed by atoms with van der Waals surface area (Å²) in [6.07, 6.45) is 0.0633. The molecule has 23 heavy (non-hydrogen) atoms. The second-order valence-corrected chi connectivity index (χ2v) is 6.07. The van der Waals surface area contributed by atoms with E-state index in [1.807, 2.05) is 0 Å². The molecule has 1 rings (SSSR count). The molecule has 0 spiro atoms. The van der Waals surface area contributed by atoms with E-state index in [0.717, 1.165) is 32.7 Å². The monoisotopic (exact) mass is 328 g/mol. The SMILES string of the molecule is CC(C)C(NC(=O)CCC(=O)NCCN1CCNCC1)C(=O)O. The average Bonchev–Trinajstić information content (AvgIpc) is 2.51. The fraction of sp³-hybridized carbons (Fsp3) is 0.800. The standard InChI is InChI=1S/C15H28N4O4/c1-11(2)14(15(22)23)18-13(21)4-3-12(20)17-7-10-19-8-5-16-6-9-19/h11,14,16H,3-10H2,1-2H3,(H,17,20)(H,18,21)(H,22,23). The normalized spacial score (nSPS) is 16.8. The highest BCUT2D eigenvalue weighted by Gasteiger charge is 2.23. The summed E-state index contributed by atoms with van der Waals surface area (Å²) in [4.78, 5) is 36.7. The summed E-state index contributed by atoms with van der Waals surface area (Å²) >= 11 is 0. The van der Waals surface area contributed by atoms with E-state index in [4.69, 9.17) is 5.11 Å². The molecule has 0 bridgehead atoms. The zero-order valence-electron chi connectivity index (χ0n) is 13.9. The highest BCUT2D eigenvalue weighted by Crippen LogP contribution is 2.02. The average molecular weight is 328 g/mol. The summed E-state index contributed by atoms with van der Waals surface area (Å²) in [6.45, 7) is 8.69. The van der Waals surface area contributed by atoms with Crippen molar-refractivity contribution in [3.63, 3.8) is 0 Å². The molecule has 132 valence electrons. The lowest BCUT2D eigenvalue weighted by molar-refractivity contribution is -0.143. The summed E-state index contributed by atoms with van der Waals surface area (Å²) < 4.78 is 0. The molecule has 1 atom stereocenters. The van der Waals surface area contributed by atoms with E-state index < -0.39 is 17.9 Å². The molecule has 8 heteroatoms. The maximum Gasteiger partial charge on any atom is 0.326 e. The van der Waals surface area contributed by atoms with Crippen LogP contribution < -0.4 is 16.0 Å². The third-order valence-electron chi connectivity index (χ3n) is 3.79. The largest absolute Gasteiger partial charge is 0.480 e. The van der Waals surface area contributed by atoms with Gasteiger partial charge < -0.3 is 21.1 Å². The van der Waals surface area contributed by atoms with Crippen molar-refractivity contribution >= 4 is 17.8 Å². The number of piperazine rings is 1. The summed E-state index contributed by atoms with van der Waals surface area (Å²) in [6, 6.07) is -0.918. The Bertz CT molecular complexity index is 408. The molecule has 1 unspecified atom stereocenters. The molecule has 1 aliphatic rings. The van der Waals surface area contributed by atoms with Gasteiger partial charge in [0.15, 0.2) is 0 Å². The van der Waals surface area contributed by atoms with E-state index in [1.54, 1.807) is 13.8 Å². The first kappa shape index (κ1) is 19.4. The number of nitrogens with one attached hydrogen (secondary N) is 3. The van der Waals surface area contributed by atoms with Gasteiger partial charge in [-0.25, -0.2) is 4.79 Å². The van der Waals surface area contributed by atoms with Crippen molar-refractivity contribution in [1.29, 1.82) is 0 Å². The first-order chi connectivity index (χ1) is 10.9. The van der Waals surface area contributed by atoms with E-state index in [-0.39, 0.29) is 24.7 Å². The van der Waals surface area contributed by atoms with Crippen molar-refractivity contribution in [2.24, 2.45) is 5.92 Å². The van der Waals surface area contributed by atoms with E-state index in [0.29, 0.717) is 6.54 Å². The first-order valence-corrected chi connectivity index (χ1v) is 8.12. The lowest BCUT2D eigenvalue weighted by Crippen LogP contribution is -2.46. The third kappa shape index (κ3) is 7.94. The maximum absolute atomic E-state index is 11.7. The predicted molar refractivity (Wildman–Crippen MR) is 86.0 cm³/mol. The minimum atomic E-state index is -1.06. The molecule has 2 amide bonds. The molecule has 8 nitrogen and oxygen atoms in total. The Kier molecular flexibility index (Phi) is 8.57. The van der Waals surface area contributed by atoms with Crippen LogP contribution in [0, 0.1) is 5.92 Å². The zero-order chi connectivity index (χ0) is 17.2. The van der Waals surface area contributed by atoms with Crippen LogP contribution in [0.1, 0.15) is 26.7 Å². The molecule has 0 aromatic rings. The van der Waals surface area contributed by atoms with Crippen LogP contribution >= 0.6 is 0 Å². The van der Waals surface area contributed by atoms with Gasteiger partial charge in [-0.05, 0) is 5.92 Å². The Morgan fingerprint density at radius 1 is 1.13 bits per heavy atom. The molecule has 1 heterocycles. The van der Waals surface area contributed by atoms with Gasteiger partial charge >= 0.3 is 5.97 Å². The van der Waals surface area contributed by atoms with Crippen molar-refractivity contribution < 1.29 is 19.5 Å². The highest BCUT2D eigenvalue weighted by atomic mass is 16.4. The lowest BCUT2D eigenvalue weighted by Gasteiger charge is -2.27. The van der Waals surface area contributed by atoms with Crippen LogP contribution in [0.4, 0.5) is 0 Å². The van der Waals surface area contributed by atoms with Crippen molar-refractivity contribution in [3.8, 4) is 0 Å². The summed E-state index contributed by atoms with van der Waals surface area (Å²) in [7, 11) is 0.